The lowest BCUT2D eigenvalue weighted by atomic mass is 10.1. The molecule has 2 amide bonds. The number of nitrogens with zero attached hydrogens (tertiary/aromatic N) is 1. The van der Waals surface area contributed by atoms with Crippen LogP contribution in [0.1, 0.15) is 40.5 Å². The van der Waals surface area contributed by atoms with Crippen LogP contribution in [0.25, 0.3) is 0 Å². The molecule has 0 atom stereocenters. The molecule has 2 aromatic carbocycles. The number of halogens is 1. The maximum atomic E-state index is 12.5. The molecule has 1 aliphatic rings. The first-order chi connectivity index (χ1) is 11.1. The molecule has 0 unspecified atom stereocenters. The molecule has 1 heterocycles. The quantitative estimate of drug-likeness (QED) is 0.575. The third-order valence-corrected chi connectivity index (χ3v) is 4.20. The van der Waals surface area contributed by atoms with Gasteiger partial charge >= 0.3 is 0 Å². The Balaban J connectivity index is 1.83. The van der Waals surface area contributed by atoms with Gasteiger partial charge in [0.25, 0.3) is 11.8 Å². The normalized spacial score (nSPS) is 13.4. The molecule has 0 radical (unpaired) electrons. The summed E-state index contributed by atoms with van der Waals surface area (Å²) in [5.41, 5.74) is 1.41. The maximum Gasteiger partial charge on any atom is 0.266 e. The van der Waals surface area contributed by atoms with Crippen molar-refractivity contribution >= 4 is 33.4 Å². The summed E-state index contributed by atoms with van der Waals surface area (Å²) in [5, 5.41) is 0. The minimum absolute atomic E-state index is 0.294. The topological polar surface area (TPSA) is 46.6 Å². The van der Waals surface area contributed by atoms with Crippen LogP contribution in [0.4, 0.5) is 5.69 Å². The molecule has 0 N–H and O–H groups in total. The predicted octanol–water partition coefficient (Wildman–Crippen LogP) is 4.43. The largest absolute Gasteiger partial charge is 0.494 e. The lowest BCUT2D eigenvalue weighted by Gasteiger charge is -2.14. The molecule has 1 aliphatic heterocycles. The molecule has 0 saturated heterocycles. The Hall–Kier alpha value is -2.14. The summed E-state index contributed by atoms with van der Waals surface area (Å²) < 4.78 is 6.38. The summed E-state index contributed by atoms with van der Waals surface area (Å²) in [5.74, 6) is 0.143. The molecule has 0 fully saturated rings. The highest BCUT2D eigenvalue weighted by Crippen LogP contribution is 2.31. The van der Waals surface area contributed by atoms with Crippen LogP contribution >= 0.6 is 15.9 Å². The third-order valence-electron chi connectivity index (χ3n) is 3.71. The van der Waals surface area contributed by atoms with E-state index >= 15 is 0 Å². The van der Waals surface area contributed by atoms with Crippen LogP contribution in [0, 0.1) is 0 Å². The van der Waals surface area contributed by atoms with Gasteiger partial charge in [-0.25, -0.2) is 4.90 Å². The van der Waals surface area contributed by atoms with Crippen molar-refractivity contribution in [2.75, 3.05) is 11.5 Å². The van der Waals surface area contributed by atoms with Gasteiger partial charge in [0.2, 0.25) is 0 Å². The summed E-state index contributed by atoms with van der Waals surface area (Å²) in [4.78, 5) is 26.2. The Morgan fingerprint density at radius 1 is 1.00 bits per heavy atom. The number of ether oxygens (including phenoxy) is 1. The van der Waals surface area contributed by atoms with Gasteiger partial charge in [-0.1, -0.05) is 29.3 Å². The Bertz CT molecular complexity index is 755. The van der Waals surface area contributed by atoms with E-state index in [4.69, 9.17) is 4.74 Å². The number of hydrogen-bond donors (Lipinski definition) is 0. The number of benzene rings is 2. The van der Waals surface area contributed by atoms with E-state index < -0.39 is 0 Å². The minimum Gasteiger partial charge on any atom is -0.494 e. The first-order valence-electron chi connectivity index (χ1n) is 7.53. The maximum absolute atomic E-state index is 12.5. The van der Waals surface area contributed by atoms with Crippen molar-refractivity contribution in [1.82, 2.24) is 0 Å². The van der Waals surface area contributed by atoms with E-state index in [1.807, 2.05) is 0 Å². The van der Waals surface area contributed by atoms with E-state index in [1.165, 1.54) is 4.90 Å². The zero-order valence-electron chi connectivity index (χ0n) is 12.7. The molecule has 0 saturated carbocycles. The number of fused-ring (bicyclic) bond motifs is 1. The van der Waals surface area contributed by atoms with Crippen LogP contribution < -0.4 is 9.64 Å². The Morgan fingerprint density at radius 3 is 2.39 bits per heavy atom. The average Bonchev–Trinajstić information content (AvgIpc) is 2.79. The van der Waals surface area contributed by atoms with Gasteiger partial charge in [0, 0.05) is 4.47 Å². The number of anilines is 1. The summed E-state index contributed by atoms with van der Waals surface area (Å²) in [7, 11) is 0. The van der Waals surface area contributed by atoms with E-state index in [0.29, 0.717) is 23.4 Å². The number of amides is 2. The molecule has 23 heavy (non-hydrogen) atoms. The zero-order valence-corrected chi connectivity index (χ0v) is 14.3. The van der Waals surface area contributed by atoms with E-state index in [0.717, 1.165) is 23.1 Å². The van der Waals surface area contributed by atoms with E-state index in [1.54, 1.807) is 42.5 Å². The van der Waals surface area contributed by atoms with Crippen LogP contribution in [0.15, 0.2) is 46.9 Å². The van der Waals surface area contributed by atoms with Crippen molar-refractivity contribution < 1.29 is 14.3 Å². The van der Waals surface area contributed by atoms with E-state index in [2.05, 4.69) is 22.9 Å². The third kappa shape index (κ3) is 3.01. The minimum atomic E-state index is -0.300. The molecular weight excluding hydrogens is 358 g/mol. The number of unbranched alkanes of at least 4 members (excludes halogenated alkanes) is 1. The second-order valence-electron chi connectivity index (χ2n) is 5.33. The molecule has 0 spiro atoms. The molecule has 2 aromatic rings. The molecule has 118 valence electrons. The second-order valence-corrected chi connectivity index (χ2v) is 6.25. The molecule has 0 aliphatic carbocycles. The lowest BCUT2D eigenvalue weighted by molar-refractivity contribution is 0.0926. The van der Waals surface area contributed by atoms with Gasteiger partial charge in [-0.3, -0.25) is 9.59 Å². The van der Waals surface area contributed by atoms with Gasteiger partial charge in [-0.05, 0) is 48.9 Å². The molecule has 5 heteroatoms. The van der Waals surface area contributed by atoms with Gasteiger partial charge in [0.1, 0.15) is 5.75 Å². The first kappa shape index (κ1) is 15.7. The fourth-order valence-electron chi connectivity index (χ4n) is 2.47. The fourth-order valence-corrected chi connectivity index (χ4v) is 2.83. The van der Waals surface area contributed by atoms with Crippen LogP contribution in [-0.2, 0) is 0 Å². The highest BCUT2D eigenvalue weighted by molar-refractivity contribution is 9.10. The standard InChI is InChI=1S/C18H16BrNO3/c1-2-3-10-23-14-7-5-13(6-8-14)20-17(21)15-9-4-12(19)11-16(15)18(20)22/h4-9,11H,2-3,10H2,1H3. The van der Waals surface area contributed by atoms with Crippen molar-refractivity contribution in [3.05, 3.63) is 58.1 Å². The Morgan fingerprint density at radius 2 is 1.70 bits per heavy atom. The molecule has 3 rings (SSSR count). The Kier molecular flexibility index (Phi) is 4.48. The monoisotopic (exact) mass is 373 g/mol. The fraction of sp³-hybridized carbons (Fsp3) is 0.222. The summed E-state index contributed by atoms with van der Waals surface area (Å²) in [6.45, 7) is 2.77. The summed E-state index contributed by atoms with van der Waals surface area (Å²) in [6, 6.07) is 12.1. The first-order valence-corrected chi connectivity index (χ1v) is 8.32. The molecular formula is C18H16BrNO3. The Labute approximate surface area is 143 Å². The number of carbonyl (C=O) groups is 2. The zero-order chi connectivity index (χ0) is 16.4. The number of hydrogen-bond acceptors (Lipinski definition) is 3. The van der Waals surface area contributed by atoms with Gasteiger partial charge in [0.05, 0.1) is 23.4 Å². The molecule has 0 bridgehead atoms. The van der Waals surface area contributed by atoms with Crippen LogP contribution in [0.5, 0.6) is 5.75 Å². The SMILES string of the molecule is CCCCOc1ccc(N2C(=O)c3ccc(Br)cc3C2=O)cc1. The predicted molar refractivity (Wildman–Crippen MR) is 92.1 cm³/mol. The van der Waals surface area contributed by atoms with Crippen molar-refractivity contribution in [2.24, 2.45) is 0 Å². The van der Waals surface area contributed by atoms with Crippen molar-refractivity contribution in [2.45, 2.75) is 19.8 Å². The highest BCUT2D eigenvalue weighted by atomic mass is 79.9. The van der Waals surface area contributed by atoms with E-state index in [9.17, 15) is 9.59 Å². The van der Waals surface area contributed by atoms with Crippen LogP contribution in [0.2, 0.25) is 0 Å². The van der Waals surface area contributed by atoms with Crippen LogP contribution in [0.3, 0.4) is 0 Å². The van der Waals surface area contributed by atoms with Gasteiger partial charge in [-0.2, -0.15) is 0 Å². The van der Waals surface area contributed by atoms with Crippen molar-refractivity contribution in [1.29, 1.82) is 0 Å². The smallest absolute Gasteiger partial charge is 0.266 e. The van der Waals surface area contributed by atoms with E-state index in [-0.39, 0.29) is 11.8 Å². The lowest BCUT2D eigenvalue weighted by Crippen LogP contribution is -2.29. The second kappa shape index (κ2) is 6.54. The van der Waals surface area contributed by atoms with Crippen molar-refractivity contribution in [3.8, 4) is 5.75 Å². The number of rotatable bonds is 5. The molecule has 4 nitrogen and oxygen atoms in total. The summed E-state index contributed by atoms with van der Waals surface area (Å²) >= 11 is 3.33. The van der Waals surface area contributed by atoms with Crippen molar-refractivity contribution in [3.63, 3.8) is 0 Å². The average molecular weight is 374 g/mol. The van der Waals surface area contributed by atoms with Crippen LogP contribution in [-0.4, -0.2) is 18.4 Å². The van der Waals surface area contributed by atoms with Gasteiger partial charge < -0.3 is 4.74 Å². The number of imide groups is 1. The molecule has 0 aromatic heterocycles. The van der Waals surface area contributed by atoms with Gasteiger partial charge in [-0.15, -0.1) is 0 Å². The summed E-state index contributed by atoms with van der Waals surface area (Å²) in [6.07, 6.45) is 2.07. The highest BCUT2D eigenvalue weighted by Gasteiger charge is 2.36. The number of carbonyl (C=O) groups excluding carboxylic acids is 2. The van der Waals surface area contributed by atoms with Gasteiger partial charge in [0.15, 0.2) is 0 Å².